The number of benzene rings is 1. The van der Waals surface area contributed by atoms with Crippen LogP contribution >= 0.6 is 0 Å². The predicted octanol–water partition coefficient (Wildman–Crippen LogP) is 4.82. The van der Waals surface area contributed by atoms with Gasteiger partial charge in [0.05, 0.1) is 0 Å². The van der Waals surface area contributed by atoms with E-state index in [-0.39, 0.29) is 0 Å². The first-order chi connectivity index (χ1) is 9.03. The van der Waals surface area contributed by atoms with Crippen LogP contribution in [0, 0.1) is 5.41 Å². The molecule has 2 N–H and O–H groups in total. The Morgan fingerprint density at radius 2 is 2.05 bits per heavy atom. The Bertz CT molecular complexity index is 408. The van der Waals surface area contributed by atoms with E-state index in [2.05, 4.69) is 45.0 Å². The molecule has 0 aromatic heterocycles. The summed E-state index contributed by atoms with van der Waals surface area (Å²) in [6.07, 6.45) is 6.53. The molecule has 1 heteroatoms. The molecule has 0 heterocycles. The van der Waals surface area contributed by atoms with Crippen LogP contribution < -0.4 is 5.73 Å². The maximum Gasteiger partial charge on any atom is -0.00715 e. The fourth-order valence-corrected chi connectivity index (χ4v) is 3.70. The summed E-state index contributed by atoms with van der Waals surface area (Å²) < 4.78 is 0. The zero-order valence-corrected chi connectivity index (χ0v) is 12.8. The second-order valence-electron chi connectivity index (χ2n) is 7.06. The summed E-state index contributed by atoms with van der Waals surface area (Å²) >= 11 is 0. The minimum absolute atomic E-state index is 0.507. The monoisotopic (exact) mass is 259 g/mol. The van der Waals surface area contributed by atoms with E-state index in [0.717, 1.165) is 18.9 Å². The molecule has 1 aromatic carbocycles. The first kappa shape index (κ1) is 14.6. The summed E-state index contributed by atoms with van der Waals surface area (Å²) in [5, 5.41) is 0. The minimum atomic E-state index is 0.507. The molecule has 0 bridgehead atoms. The second-order valence-corrected chi connectivity index (χ2v) is 7.06. The van der Waals surface area contributed by atoms with Gasteiger partial charge < -0.3 is 5.73 Å². The van der Waals surface area contributed by atoms with E-state index in [4.69, 9.17) is 5.73 Å². The quantitative estimate of drug-likeness (QED) is 0.824. The van der Waals surface area contributed by atoms with Crippen LogP contribution in [0.5, 0.6) is 0 Å². The van der Waals surface area contributed by atoms with E-state index in [1.807, 2.05) is 0 Å². The molecule has 1 fully saturated rings. The highest BCUT2D eigenvalue weighted by atomic mass is 14.5. The number of hydrogen-bond acceptors (Lipinski definition) is 1. The largest absolute Gasteiger partial charge is 0.330 e. The lowest BCUT2D eigenvalue weighted by molar-refractivity contribution is 0.219. The molecule has 0 amide bonds. The first-order valence-electron chi connectivity index (χ1n) is 7.82. The molecule has 2 atom stereocenters. The van der Waals surface area contributed by atoms with Crippen molar-refractivity contribution in [3.63, 3.8) is 0 Å². The van der Waals surface area contributed by atoms with E-state index in [9.17, 15) is 0 Å². The number of nitrogens with two attached hydrogens (primary N) is 1. The topological polar surface area (TPSA) is 26.0 Å². The first-order valence-corrected chi connectivity index (χ1v) is 7.82. The van der Waals surface area contributed by atoms with Crippen molar-refractivity contribution < 1.29 is 0 Å². The Labute approximate surface area is 118 Å². The predicted molar refractivity (Wildman–Crippen MR) is 83.5 cm³/mol. The third-order valence-corrected chi connectivity index (χ3v) is 4.77. The standard InChI is InChI=1S/C18H29N/c1-14(10-12-19)16-8-4-5-9-17(16)15-7-6-11-18(2,3)13-15/h4-5,8-9,14-15H,6-7,10-13,19H2,1-3H3. The normalized spacial score (nSPS) is 24.1. The molecule has 0 saturated heterocycles. The van der Waals surface area contributed by atoms with E-state index in [1.165, 1.54) is 31.2 Å². The Kier molecular flexibility index (Phi) is 4.67. The van der Waals surface area contributed by atoms with Crippen LogP contribution in [0.15, 0.2) is 24.3 Å². The maximum atomic E-state index is 5.74. The molecule has 1 aliphatic carbocycles. The van der Waals surface area contributed by atoms with Gasteiger partial charge in [0.2, 0.25) is 0 Å². The van der Waals surface area contributed by atoms with Gasteiger partial charge in [-0.15, -0.1) is 0 Å². The van der Waals surface area contributed by atoms with Crippen molar-refractivity contribution in [1.82, 2.24) is 0 Å². The van der Waals surface area contributed by atoms with Gasteiger partial charge in [-0.05, 0) is 60.6 Å². The Hall–Kier alpha value is -0.820. The van der Waals surface area contributed by atoms with Gasteiger partial charge in [0, 0.05) is 0 Å². The molecule has 106 valence electrons. The second kappa shape index (κ2) is 6.09. The van der Waals surface area contributed by atoms with Crippen molar-refractivity contribution in [2.24, 2.45) is 11.1 Å². The van der Waals surface area contributed by atoms with Crippen molar-refractivity contribution in [1.29, 1.82) is 0 Å². The lowest BCUT2D eigenvalue weighted by Crippen LogP contribution is -2.22. The number of rotatable bonds is 4. The molecule has 2 unspecified atom stereocenters. The van der Waals surface area contributed by atoms with E-state index in [1.54, 1.807) is 5.56 Å². The minimum Gasteiger partial charge on any atom is -0.330 e. The van der Waals surface area contributed by atoms with E-state index < -0.39 is 0 Å². The summed E-state index contributed by atoms with van der Waals surface area (Å²) in [5.41, 5.74) is 9.38. The van der Waals surface area contributed by atoms with E-state index in [0.29, 0.717) is 11.3 Å². The summed E-state index contributed by atoms with van der Waals surface area (Å²) in [7, 11) is 0. The molecule has 1 aliphatic rings. The van der Waals surface area contributed by atoms with Gasteiger partial charge in [0.25, 0.3) is 0 Å². The zero-order chi connectivity index (χ0) is 13.9. The molecule has 1 nitrogen and oxygen atoms in total. The fourth-order valence-electron chi connectivity index (χ4n) is 3.70. The lowest BCUT2D eigenvalue weighted by atomic mass is 9.69. The van der Waals surface area contributed by atoms with Gasteiger partial charge in [0.1, 0.15) is 0 Å². The van der Waals surface area contributed by atoms with Crippen LogP contribution in [-0.4, -0.2) is 6.54 Å². The van der Waals surface area contributed by atoms with Crippen LogP contribution in [0.1, 0.15) is 75.8 Å². The van der Waals surface area contributed by atoms with Crippen LogP contribution in [0.2, 0.25) is 0 Å². The van der Waals surface area contributed by atoms with Gasteiger partial charge in [-0.2, -0.15) is 0 Å². The van der Waals surface area contributed by atoms with Crippen LogP contribution in [0.4, 0.5) is 0 Å². The highest BCUT2D eigenvalue weighted by Gasteiger charge is 2.30. The zero-order valence-electron chi connectivity index (χ0n) is 12.8. The van der Waals surface area contributed by atoms with E-state index >= 15 is 0 Å². The van der Waals surface area contributed by atoms with Crippen molar-refractivity contribution in [2.75, 3.05) is 6.54 Å². The van der Waals surface area contributed by atoms with Gasteiger partial charge in [-0.3, -0.25) is 0 Å². The lowest BCUT2D eigenvalue weighted by Gasteiger charge is -2.36. The molecule has 0 aliphatic heterocycles. The Balaban J connectivity index is 2.24. The van der Waals surface area contributed by atoms with Gasteiger partial charge >= 0.3 is 0 Å². The molecule has 0 radical (unpaired) electrons. The average molecular weight is 259 g/mol. The van der Waals surface area contributed by atoms with Crippen molar-refractivity contribution in [2.45, 2.75) is 64.7 Å². The fraction of sp³-hybridized carbons (Fsp3) is 0.667. The highest BCUT2D eigenvalue weighted by molar-refractivity contribution is 5.33. The van der Waals surface area contributed by atoms with Crippen molar-refractivity contribution in [3.05, 3.63) is 35.4 Å². The molecule has 2 rings (SSSR count). The SMILES string of the molecule is CC(CCN)c1ccccc1C1CCCC(C)(C)C1. The van der Waals surface area contributed by atoms with Crippen LogP contribution in [0.3, 0.4) is 0 Å². The van der Waals surface area contributed by atoms with Crippen molar-refractivity contribution >= 4 is 0 Å². The maximum absolute atomic E-state index is 5.74. The molecule has 1 saturated carbocycles. The highest BCUT2D eigenvalue weighted by Crippen LogP contribution is 2.45. The van der Waals surface area contributed by atoms with Crippen LogP contribution in [0.25, 0.3) is 0 Å². The smallest absolute Gasteiger partial charge is 0.00715 e. The third kappa shape index (κ3) is 3.60. The molecule has 19 heavy (non-hydrogen) atoms. The summed E-state index contributed by atoms with van der Waals surface area (Å²) in [4.78, 5) is 0. The van der Waals surface area contributed by atoms with Gasteiger partial charge in [-0.25, -0.2) is 0 Å². The van der Waals surface area contributed by atoms with Gasteiger partial charge in [-0.1, -0.05) is 51.5 Å². The molecular weight excluding hydrogens is 230 g/mol. The molecule has 0 spiro atoms. The summed E-state index contributed by atoms with van der Waals surface area (Å²) in [6.45, 7) is 7.95. The Morgan fingerprint density at radius 3 is 2.74 bits per heavy atom. The Morgan fingerprint density at radius 1 is 1.32 bits per heavy atom. The average Bonchev–Trinajstić information content (AvgIpc) is 2.38. The van der Waals surface area contributed by atoms with Crippen LogP contribution in [-0.2, 0) is 0 Å². The molecular formula is C18H29N. The van der Waals surface area contributed by atoms with Crippen molar-refractivity contribution in [3.8, 4) is 0 Å². The third-order valence-electron chi connectivity index (χ3n) is 4.77. The van der Waals surface area contributed by atoms with Gasteiger partial charge in [0.15, 0.2) is 0 Å². The summed E-state index contributed by atoms with van der Waals surface area (Å²) in [6, 6.07) is 9.06. The molecule has 1 aromatic rings. The summed E-state index contributed by atoms with van der Waals surface area (Å²) in [5.74, 6) is 1.34. The number of hydrogen-bond donors (Lipinski definition) is 1.